The fourth-order valence-corrected chi connectivity index (χ4v) is 2.10. The van der Waals surface area contributed by atoms with E-state index in [1.54, 1.807) is 30.5 Å². The number of rotatable bonds is 3. The summed E-state index contributed by atoms with van der Waals surface area (Å²) in [7, 11) is 0. The minimum absolute atomic E-state index is 0.0276. The monoisotopic (exact) mass is 296 g/mol. The Bertz CT molecular complexity index is 535. The maximum atomic E-state index is 11.9. The predicted molar refractivity (Wildman–Crippen MR) is 74.3 cm³/mol. The minimum atomic E-state index is -0.558. The molecule has 1 aliphatic heterocycles. The standard InChI is InChI=1S/C13H20N4O4/c1-13(2,3)12(18)21-15-6-4-5-10(8-15)16-9-11(7-14-16)17(19)20/h7,9-10H,4-6,8H2,1-3H3. The van der Waals surface area contributed by atoms with Gasteiger partial charge in [0.1, 0.15) is 12.4 Å². The lowest BCUT2D eigenvalue weighted by molar-refractivity contribution is -0.385. The van der Waals surface area contributed by atoms with Gasteiger partial charge in [-0.2, -0.15) is 5.10 Å². The molecule has 2 rings (SSSR count). The zero-order valence-electron chi connectivity index (χ0n) is 12.5. The van der Waals surface area contributed by atoms with Gasteiger partial charge >= 0.3 is 11.7 Å². The van der Waals surface area contributed by atoms with Gasteiger partial charge in [0.25, 0.3) is 0 Å². The first-order chi connectivity index (χ1) is 9.77. The second-order valence-electron chi connectivity index (χ2n) is 6.25. The molecule has 0 aromatic carbocycles. The van der Waals surface area contributed by atoms with Crippen molar-refractivity contribution in [3.05, 3.63) is 22.5 Å². The van der Waals surface area contributed by atoms with Crippen LogP contribution in [0.4, 0.5) is 5.69 Å². The van der Waals surface area contributed by atoms with Crippen LogP contribution < -0.4 is 0 Å². The van der Waals surface area contributed by atoms with Crippen LogP contribution in [0.1, 0.15) is 39.7 Å². The number of hydrogen-bond acceptors (Lipinski definition) is 6. The van der Waals surface area contributed by atoms with E-state index in [0.717, 1.165) is 12.8 Å². The van der Waals surface area contributed by atoms with E-state index < -0.39 is 10.3 Å². The first-order valence-electron chi connectivity index (χ1n) is 6.93. The molecule has 0 radical (unpaired) electrons. The third-order valence-electron chi connectivity index (χ3n) is 3.36. The van der Waals surface area contributed by atoms with Crippen molar-refractivity contribution in [3.63, 3.8) is 0 Å². The van der Waals surface area contributed by atoms with Crippen molar-refractivity contribution >= 4 is 11.7 Å². The molecule has 0 bridgehead atoms. The van der Waals surface area contributed by atoms with Crippen LogP contribution in [0.25, 0.3) is 0 Å². The number of hydroxylamine groups is 2. The number of aromatic nitrogens is 2. The molecule has 1 aromatic heterocycles. The zero-order valence-corrected chi connectivity index (χ0v) is 12.5. The van der Waals surface area contributed by atoms with E-state index in [2.05, 4.69) is 5.10 Å². The molecule has 8 heteroatoms. The molecular formula is C13H20N4O4. The molecule has 116 valence electrons. The van der Waals surface area contributed by atoms with Crippen LogP contribution in [0, 0.1) is 15.5 Å². The Labute approximate surface area is 122 Å². The third kappa shape index (κ3) is 3.78. The van der Waals surface area contributed by atoms with Crippen LogP contribution in [0.15, 0.2) is 12.4 Å². The molecule has 1 unspecified atom stereocenters. The predicted octanol–water partition coefficient (Wildman–Crippen LogP) is 1.93. The van der Waals surface area contributed by atoms with Crippen LogP contribution >= 0.6 is 0 Å². The van der Waals surface area contributed by atoms with E-state index in [-0.39, 0.29) is 17.7 Å². The van der Waals surface area contributed by atoms with Crippen molar-refractivity contribution in [2.75, 3.05) is 13.1 Å². The first-order valence-corrected chi connectivity index (χ1v) is 6.93. The van der Waals surface area contributed by atoms with Gasteiger partial charge in [-0.1, -0.05) is 0 Å². The largest absolute Gasteiger partial charge is 0.367 e. The lowest BCUT2D eigenvalue weighted by atomic mass is 9.98. The second-order valence-corrected chi connectivity index (χ2v) is 6.25. The SMILES string of the molecule is CC(C)(C)C(=O)ON1CCCC(n2cc([N+](=O)[O-])cn2)C1. The summed E-state index contributed by atoms with van der Waals surface area (Å²) in [4.78, 5) is 27.5. The fraction of sp³-hybridized carbons (Fsp3) is 0.692. The van der Waals surface area contributed by atoms with Gasteiger partial charge in [-0.3, -0.25) is 14.8 Å². The number of hydrogen-bond donors (Lipinski definition) is 0. The van der Waals surface area contributed by atoms with Crippen molar-refractivity contribution in [1.82, 2.24) is 14.8 Å². The van der Waals surface area contributed by atoms with E-state index in [9.17, 15) is 14.9 Å². The Hall–Kier alpha value is -1.96. The molecule has 0 saturated carbocycles. The van der Waals surface area contributed by atoms with Crippen LogP contribution in [-0.2, 0) is 9.63 Å². The average Bonchev–Trinajstić information content (AvgIpc) is 2.87. The molecule has 0 aliphatic carbocycles. The van der Waals surface area contributed by atoms with Gasteiger partial charge in [-0.15, -0.1) is 5.06 Å². The molecule has 21 heavy (non-hydrogen) atoms. The van der Waals surface area contributed by atoms with Gasteiger partial charge in [-0.05, 0) is 33.6 Å². The highest BCUT2D eigenvalue weighted by Crippen LogP contribution is 2.24. The van der Waals surface area contributed by atoms with E-state index >= 15 is 0 Å². The van der Waals surface area contributed by atoms with Crippen molar-refractivity contribution in [1.29, 1.82) is 0 Å². The van der Waals surface area contributed by atoms with Gasteiger partial charge in [0, 0.05) is 6.54 Å². The van der Waals surface area contributed by atoms with Crippen molar-refractivity contribution in [2.45, 2.75) is 39.7 Å². The highest BCUT2D eigenvalue weighted by molar-refractivity contribution is 5.75. The second kappa shape index (κ2) is 5.80. The van der Waals surface area contributed by atoms with Crippen LogP contribution in [0.2, 0.25) is 0 Å². The van der Waals surface area contributed by atoms with Gasteiger partial charge in [-0.25, -0.2) is 4.79 Å². The maximum absolute atomic E-state index is 11.9. The number of nitrogens with zero attached hydrogens (tertiary/aromatic N) is 4. The number of carbonyl (C=O) groups is 1. The molecule has 1 aromatic rings. The summed E-state index contributed by atoms with van der Waals surface area (Å²) in [6, 6.07) is -0.0276. The average molecular weight is 296 g/mol. The van der Waals surface area contributed by atoms with E-state index in [1.165, 1.54) is 12.4 Å². The van der Waals surface area contributed by atoms with Gasteiger partial charge in [0.15, 0.2) is 0 Å². The Balaban J connectivity index is 2.00. The van der Waals surface area contributed by atoms with Gasteiger partial charge in [0.2, 0.25) is 0 Å². The molecule has 1 atom stereocenters. The van der Waals surface area contributed by atoms with Crippen molar-refractivity contribution in [2.24, 2.45) is 5.41 Å². The normalized spacial score (nSPS) is 20.2. The summed E-state index contributed by atoms with van der Waals surface area (Å²) in [5.41, 5.74) is -0.587. The number of nitro groups is 1. The smallest absolute Gasteiger partial charge is 0.330 e. The Morgan fingerprint density at radius 1 is 1.52 bits per heavy atom. The van der Waals surface area contributed by atoms with Crippen LogP contribution in [0.3, 0.4) is 0 Å². The summed E-state index contributed by atoms with van der Waals surface area (Å²) in [5.74, 6) is -0.283. The van der Waals surface area contributed by atoms with Gasteiger partial charge < -0.3 is 4.84 Å². The lowest BCUT2D eigenvalue weighted by Crippen LogP contribution is -2.40. The highest BCUT2D eigenvalue weighted by Gasteiger charge is 2.30. The highest BCUT2D eigenvalue weighted by atomic mass is 16.7. The number of piperidine rings is 1. The molecule has 0 amide bonds. The van der Waals surface area contributed by atoms with E-state index in [1.807, 2.05) is 0 Å². The molecule has 1 fully saturated rings. The molecule has 8 nitrogen and oxygen atoms in total. The van der Waals surface area contributed by atoms with E-state index in [4.69, 9.17) is 4.84 Å². The van der Waals surface area contributed by atoms with Gasteiger partial charge in [0.05, 0.1) is 22.9 Å². The summed E-state index contributed by atoms with van der Waals surface area (Å²) in [6.07, 6.45) is 4.35. The van der Waals surface area contributed by atoms with Crippen LogP contribution in [-0.4, -0.2) is 38.8 Å². The van der Waals surface area contributed by atoms with Crippen molar-refractivity contribution < 1.29 is 14.6 Å². The quantitative estimate of drug-likeness (QED) is 0.625. The fourth-order valence-electron chi connectivity index (χ4n) is 2.10. The molecule has 0 N–H and O–H groups in total. The molecule has 1 aliphatic rings. The van der Waals surface area contributed by atoms with E-state index in [0.29, 0.717) is 13.1 Å². The topological polar surface area (TPSA) is 90.5 Å². The molecule has 0 spiro atoms. The minimum Gasteiger partial charge on any atom is -0.367 e. The third-order valence-corrected chi connectivity index (χ3v) is 3.36. The summed E-state index contributed by atoms with van der Waals surface area (Å²) >= 11 is 0. The molecule has 2 heterocycles. The number of carbonyl (C=O) groups excluding carboxylic acids is 1. The lowest BCUT2D eigenvalue weighted by Gasteiger charge is -2.32. The molecular weight excluding hydrogens is 276 g/mol. The summed E-state index contributed by atoms with van der Waals surface area (Å²) in [5, 5.41) is 16.3. The Morgan fingerprint density at radius 2 is 2.24 bits per heavy atom. The Kier molecular flexibility index (Phi) is 4.26. The zero-order chi connectivity index (χ0) is 15.6. The van der Waals surface area contributed by atoms with Crippen molar-refractivity contribution in [3.8, 4) is 0 Å². The maximum Gasteiger partial charge on any atom is 0.330 e. The van der Waals surface area contributed by atoms with Crippen LogP contribution in [0.5, 0.6) is 0 Å². The first kappa shape index (κ1) is 15.4. The summed E-state index contributed by atoms with van der Waals surface area (Å²) < 4.78 is 1.58. The molecule has 1 saturated heterocycles. The Morgan fingerprint density at radius 3 is 2.81 bits per heavy atom. The summed E-state index contributed by atoms with van der Waals surface area (Å²) in [6.45, 7) is 6.55.